The molecule has 2 saturated carbocycles. The molecule has 1 aromatic carbocycles. The molecule has 4 aromatic rings. The van der Waals surface area contributed by atoms with E-state index in [2.05, 4.69) is 15.5 Å². The fourth-order valence-corrected chi connectivity index (χ4v) is 6.08. The van der Waals surface area contributed by atoms with Gasteiger partial charge in [-0.15, -0.1) is 10.2 Å². The predicted octanol–water partition coefficient (Wildman–Crippen LogP) is 5.18. The molecule has 2 fully saturated rings. The first-order valence-electron chi connectivity index (χ1n) is 13.2. The molecule has 6 rings (SSSR count). The third kappa shape index (κ3) is 4.61. The maximum Gasteiger partial charge on any atom is 0.418 e. The molecule has 12 heteroatoms. The molecule has 3 heterocycles. The molecule has 0 radical (unpaired) electrons. The first kappa shape index (κ1) is 26.7. The van der Waals surface area contributed by atoms with Crippen molar-refractivity contribution in [2.45, 2.75) is 75.0 Å². The molecule has 0 amide bonds. The summed E-state index contributed by atoms with van der Waals surface area (Å²) >= 11 is 0. The SMILES string of the molecule is Cn1cnnc1CC1(c2cccc(-n3cc4c(C(F)(F)F)cc(CNC5(C)CCC5)cn4c3=O)c2)CC(F)(F)C1. The number of aryl methyl sites for hydroxylation is 1. The minimum absolute atomic E-state index is 0.121. The summed E-state index contributed by atoms with van der Waals surface area (Å²) in [6, 6.07) is 7.62. The lowest BCUT2D eigenvalue weighted by molar-refractivity contribution is -0.136. The van der Waals surface area contributed by atoms with Gasteiger partial charge in [-0.2, -0.15) is 13.2 Å². The van der Waals surface area contributed by atoms with Gasteiger partial charge in [-0.25, -0.2) is 13.6 Å². The van der Waals surface area contributed by atoms with Crippen molar-refractivity contribution in [1.82, 2.24) is 29.0 Å². The van der Waals surface area contributed by atoms with Gasteiger partial charge in [0, 0.05) is 56.2 Å². The van der Waals surface area contributed by atoms with Crippen molar-refractivity contribution >= 4 is 5.52 Å². The largest absolute Gasteiger partial charge is 0.418 e. The molecular formula is C28H29F5N6O. The molecule has 0 unspecified atom stereocenters. The average molecular weight is 561 g/mol. The molecule has 0 aliphatic heterocycles. The van der Waals surface area contributed by atoms with E-state index in [1.807, 2.05) is 6.92 Å². The lowest BCUT2D eigenvalue weighted by Gasteiger charge is -2.47. The Labute approximate surface area is 226 Å². The highest BCUT2D eigenvalue weighted by atomic mass is 19.4. The molecule has 0 bridgehead atoms. The summed E-state index contributed by atoms with van der Waals surface area (Å²) in [7, 11) is 1.73. The Bertz CT molecular complexity index is 1640. The van der Waals surface area contributed by atoms with E-state index in [0.717, 1.165) is 34.3 Å². The third-order valence-electron chi connectivity index (χ3n) is 8.54. The number of benzene rings is 1. The second-order valence-electron chi connectivity index (χ2n) is 11.6. The number of fused-ring (bicyclic) bond motifs is 1. The van der Waals surface area contributed by atoms with E-state index in [4.69, 9.17) is 0 Å². The summed E-state index contributed by atoms with van der Waals surface area (Å²) in [6.07, 6.45) is 1.77. The van der Waals surface area contributed by atoms with Gasteiger partial charge in [0.05, 0.1) is 16.8 Å². The molecule has 7 nitrogen and oxygen atoms in total. The number of halogens is 5. The molecule has 3 aromatic heterocycles. The molecule has 212 valence electrons. The van der Waals surface area contributed by atoms with E-state index < -0.39 is 41.6 Å². The molecule has 0 saturated heterocycles. The smallest absolute Gasteiger partial charge is 0.321 e. The van der Waals surface area contributed by atoms with Crippen molar-refractivity contribution in [3.05, 3.63) is 82.1 Å². The summed E-state index contributed by atoms with van der Waals surface area (Å²) in [5, 5.41) is 11.2. The van der Waals surface area contributed by atoms with Crippen molar-refractivity contribution < 1.29 is 22.0 Å². The zero-order valence-corrected chi connectivity index (χ0v) is 22.1. The van der Waals surface area contributed by atoms with Gasteiger partial charge in [0.2, 0.25) is 5.92 Å². The highest BCUT2D eigenvalue weighted by Gasteiger charge is 2.57. The Morgan fingerprint density at radius 2 is 1.85 bits per heavy atom. The van der Waals surface area contributed by atoms with Gasteiger partial charge < -0.3 is 9.88 Å². The fourth-order valence-electron chi connectivity index (χ4n) is 6.08. The first-order chi connectivity index (χ1) is 18.8. The number of aromatic nitrogens is 5. The van der Waals surface area contributed by atoms with Crippen LogP contribution in [0.25, 0.3) is 11.2 Å². The maximum atomic E-state index is 14.2. The van der Waals surface area contributed by atoms with Crippen LogP contribution in [0.4, 0.5) is 22.0 Å². The van der Waals surface area contributed by atoms with Crippen LogP contribution in [0.1, 0.15) is 61.5 Å². The lowest BCUT2D eigenvalue weighted by atomic mass is 9.60. The summed E-state index contributed by atoms with van der Waals surface area (Å²) in [5.41, 5.74) is -1.71. The van der Waals surface area contributed by atoms with Crippen LogP contribution in [-0.4, -0.2) is 35.2 Å². The topological polar surface area (TPSA) is 69.2 Å². The lowest BCUT2D eigenvalue weighted by Crippen LogP contribution is -2.51. The highest BCUT2D eigenvalue weighted by Crippen LogP contribution is 2.55. The van der Waals surface area contributed by atoms with E-state index in [0.29, 0.717) is 22.6 Å². The Balaban J connectivity index is 1.41. The van der Waals surface area contributed by atoms with Gasteiger partial charge >= 0.3 is 11.9 Å². The summed E-state index contributed by atoms with van der Waals surface area (Å²) < 4.78 is 74.6. The number of nitrogens with zero attached hydrogens (tertiary/aromatic N) is 5. The van der Waals surface area contributed by atoms with E-state index in [1.54, 1.807) is 35.9 Å². The Kier molecular flexibility index (Phi) is 5.99. The second-order valence-corrected chi connectivity index (χ2v) is 11.6. The maximum absolute atomic E-state index is 14.2. The van der Waals surface area contributed by atoms with Crippen molar-refractivity contribution in [3.63, 3.8) is 0 Å². The number of alkyl halides is 5. The van der Waals surface area contributed by atoms with Gasteiger partial charge in [0.15, 0.2) is 0 Å². The number of hydrogen-bond donors (Lipinski definition) is 1. The Hall–Kier alpha value is -3.54. The van der Waals surface area contributed by atoms with Crippen molar-refractivity contribution in [3.8, 4) is 5.69 Å². The van der Waals surface area contributed by atoms with E-state index in [1.165, 1.54) is 18.7 Å². The Morgan fingerprint density at radius 1 is 1.10 bits per heavy atom. The van der Waals surface area contributed by atoms with Crippen LogP contribution in [0.15, 0.2) is 53.8 Å². The molecule has 2 aliphatic carbocycles. The van der Waals surface area contributed by atoms with Gasteiger partial charge in [-0.05, 0) is 55.5 Å². The van der Waals surface area contributed by atoms with Crippen LogP contribution >= 0.6 is 0 Å². The summed E-state index contributed by atoms with van der Waals surface area (Å²) in [5.74, 6) is -2.31. The minimum Gasteiger partial charge on any atom is -0.321 e. The minimum atomic E-state index is -4.68. The molecule has 2 aliphatic rings. The molecule has 1 N–H and O–H groups in total. The molecular weight excluding hydrogens is 531 g/mol. The van der Waals surface area contributed by atoms with Gasteiger partial charge in [0.25, 0.3) is 0 Å². The van der Waals surface area contributed by atoms with Crippen LogP contribution in [0, 0.1) is 0 Å². The van der Waals surface area contributed by atoms with Crippen LogP contribution < -0.4 is 11.0 Å². The summed E-state index contributed by atoms with van der Waals surface area (Å²) in [6.45, 7) is 2.23. The highest BCUT2D eigenvalue weighted by molar-refractivity contribution is 5.58. The average Bonchev–Trinajstić information content (AvgIpc) is 3.41. The summed E-state index contributed by atoms with van der Waals surface area (Å²) in [4.78, 5) is 13.5. The normalized spacial score (nSPS) is 19.4. The monoisotopic (exact) mass is 560 g/mol. The molecule has 0 spiro atoms. The zero-order valence-electron chi connectivity index (χ0n) is 22.1. The predicted molar refractivity (Wildman–Crippen MR) is 138 cm³/mol. The van der Waals surface area contributed by atoms with Crippen molar-refractivity contribution in [1.29, 1.82) is 0 Å². The molecule has 40 heavy (non-hydrogen) atoms. The number of imidazole rings is 1. The number of nitrogens with one attached hydrogen (secondary N) is 1. The van der Waals surface area contributed by atoms with E-state index >= 15 is 0 Å². The third-order valence-corrected chi connectivity index (χ3v) is 8.54. The van der Waals surface area contributed by atoms with Crippen molar-refractivity contribution in [2.75, 3.05) is 0 Å². The fraction of sp³-hybridized carbons (Fsp3) is 0.464. The van der Waals surface area contributed by atoms with E-state index in [9.17, 15) is 26.7 Å². The van der Waals surface area contributed by atoms with Crippen LogP contribution in [-0.2, 0) is 31.6 Å². The molecule has 0 atom stereocenters. The standard InChI is InChI=1S/C28H29F5N6O/c1-25(7-4-8-25)34-12-18-9-21(28(31,32)33)22-14-38(24(40)39(22)13-18)20-6-3-5-19(10-20)26(15-27(29,30)16-26)11-23-36-35-17-37(23)2/h3,5-6,9-10,13-14,17,34H,4,7-8,11-12,15-16H2,1-2H3. The van der Waals surface area contributed by atoms with Gasteiger partial charge in [-0.1, -0.05) is 12.1 Å². The number of pyridine rings is 1. The second kappa shape index (κ2) is 8.98. The van der Waals surface area contributed by atoms with Crippen LogP contribution in [0.5, 0.6) is 0 Å². The van der Waals surface area contributed by atoms with Crippen LogP contribution in [0.2, 0.25) is 0 Å². The Morgan fingerprint density at radius 3 is 2.45 bits per heavy atom. The number of hydrogen-bond acceptors (Lipinski definition) is 4. The van der Waals surface area contributed by atoms with Gasteiger partial charge in [-0.3, -0.25) is 8.97 Å². The number of rotatable bonds is 7. The van der Waals surface area contributed by atoms with Crippen molar-refractivity contribution in [2.24, 2.45) is 7.05 Å². The van der Waals surface area contributed by atoms with Crippen LogP contribution in [0.3, 0.4) is 0 Å². The van der Waals surface area contributed by atoms with Gasteiger partial charge in [0.1, 0.15) is 12.2 Å². The zero-order chi connectivity index (χ0) is 28.5. The quantitative estimate of drug-likeness (QED) is 0.317. The van der Waals surface area contributed by atoms with E-state index in [-0.39, 0.29) is 24.0 Å². The first-order valence-corrected chi connectivity index (χ1v) is 13.2.